The van der Waals surface area contributed by atoms with Crippen molar-refractivity contribution in [2.75, 3.05) is 23.8 Å². The average Bonchev–Trinajstić information content (AvgIpc) is 2.50. The Balaban J connectivity index is 1.91. The van der Waals surface area contributed by atoms with Gasteiger partial charge in [-0.15, -0.1) is 0 Å². The van der Waals surface area contributed by atoms with Crippen LogP contribution in [0.25, 0.3) is 0 Å². The van der Waals surface area contributed by atoms with Gasteiger partial charge in [0.2, 0.25) is 0 Å². The second kappa shape index (κ2) is 5.65. The first-order valence-corrected chi connectivity index (χ1v) is 7.24. The fourth-order valence-electron chi connectivity index (χ4n) is 2.15. The van der Waals surface area contributed by atoms with E-state index in [1.165, 1.54) is 6.07 Å². The normalized spacial score (nSPS) is 12.8. The molecule has 0 saturated carbocycles. The van der Waals surface area contributed by atoms with Gasteiger partial charge in [-0.3, -0.25) is 4.79 Å². The van der Waals surface area contributed by atoms with E-state index in [0.717, 1.165) is 10.2 Å². The molecule has 108 valence electrons. The summed E-state index contributed by atoms with van der Waals surface area (Å²) in [6.07, 6.45) is 0. The first-order valence-electron chi connectivity index (χ1n) is 6.45. The second-order valence-electron chi connectivity index (χ2n) is 4.57. The van der Waals surface area contributed by atoms with Crippen molar-refractivity contribution in [2.24, 2.45) is 0 Å². The van der Waals surface area contributed by atoms with E-state index in [2.05, 4.69) is 26.6 Å². The number of amides is 1. The summed E-state index contributed by atoms with van der Waals surface area (Å²) in [6.45, 7) is 1.23. The zero-order chi connectivity index (χ0) is 14.8. The number of hydrogen-bond acceptors (Lipinski definition) is 4. The number of fused-ring (bicyclic) bond motifs is 1. The summed E-state index contributed by atoms with van der Waals surface area (Å²) in [5, 5.41) is 15.7. The van der Waals surface area contributed by atoms with Crippen molar-refractivity contribution in [1.29, 1.82) is 0 Å². The molecule has 3 N–H and O–H groups in total. The van der Waals surface area contributed by atoms with E-state index < -0.39 is 0 Å². The summed E-state index contributed by atoms with van der Waals surface area (Å²) < 4.78 is 6.34. The zero-order valence-electron chi connectivity index (χ0n) is 11.0. The number of phenolic OH excluding ortho intramolecular Hbond substituents is 1. The number of anilines is 2. The molecule has 0 spiro atoms. The van der Waals surface area contributed by atoms with E-state index in [1.54, 1.807) is 24.3 Å². The number of carbonyl (C=O) groups is 1. The van der Waals surface area contributed by atoms with Crippen LogP contribution in [-0.4, -0.2) is 24.2 Å². The molecule has 0 saturated heterocycles. The highest BCUT2D eigenvalue weighted by molar-refractivity contribution is 9.10. The molecule has 0 atom stereocenters. The Labute approximate surface area is 130 Å². The molecule has 0 aliphatic carbocycles. The maximum absolute atomic E-state index is 12.4. The minimum atomic E-state index is -0.330. The number of phenols is 1. The molecule has 5 nitrogen and oxygen atoms in total. The number of ether oxygens (including phenoxy) is 1. The minimum absolute atomic E-state index is 0.00962. The van der Waals surface area contributed by atoms with Crippen LogP contribution in [-0.2, 0) is 0 Å². The molecule has 2 aromatic carbocycles. The van der Waals surface area contributed by atoms with Gasteiger partial charge in [0.15, 0.2) is 5.75 Å². The number of benzene rings is 2. The van der Waals surface area contributed by atoms with E-state index in [1.807, 2.05) is 6.07 Å². The van der Waals surface area contributed by atoms with Crippen LogP contribution >= 0.6 is 15.9 Å². The number of carbonyl (C=O) groups excluding carboxylic acids is 1. The molecular weight excluding hydrogens is 336 g/mol. The molecule has 2 aromatic rings. The van der Waals surface area contributed by atoms with Gasteiger partial charge in [0.05, 0.1) is 16.9 Å². The van der Waals surface area contributed by atoms with Crippen LogP contribution in [0.3, 0.4) is 0 Å². The summed E-state index contributed by atoms with van der Waals surface area (Å²) in [5.41, 5.74) is 1.57. The van der Waals surface area contributed by atoms with E-state index in [4.69, 9.17) is 4.74 Å². The van der Waals surface area contributed by atoms with Gasteiger partial charge in [0.25, 0.3) is 5.91 Å². The van der Waals surface area contributed by atoms with E-state index in [-0.39, 0.29) is 11.7 Å². The second-order valence-corrected chi connectivity index (χ2v) is 5.49. The van der Waals surface area contributed by atoms with Crippen LogP contribution in [0.5, 0.6) is 11.5 Å². The molecule has 1 aliphatic heterocycles. The molecule has 1 amide bonds. The lowest BCUT2D eigenvalue weighted by Crippen LogP contribution is -2.21. The molecule has 0 radical (unpaired) electrons. The number of rotatable bonds is 2. The Kier molecular flexibility index (Phi) is 3.70. The van der Waals surface area contributed by atoms with Gasteiger partial charge in [-0.2, -0.15) is 0 Å². The third kappa shape index (κ3) is 2.80. The van der Waals surface area contributed by atoms with E-state index in [0.29, 0.717) is 30.2 Å². The number of hydrogen-bond donors (Lipinski definition) is 3. The lowest BCUT2D eigenvalue weighted by atomic mass is 10.1. The van der Waals surface area contributed by atoms with Crippen LogP contribution in [0, 0.1) is 0 Å². The lowest BCUT2D eigenvalue weighted by Gasteiger charge is -2.21. The van der Waals surface area contributed by atoms with Crippen LogP contribution in [0.15, 0.2) is 40.9 Å². The van der Waals surface area contributed by atoms with Gasteiger partial charge < -0.3 is 20.5 Å². The quantitative estimate of drug-likeness (QED) is 0.728. The number of aromatic hydroxyl groups is 1. The fourth-order valence-corrected chi connectivity index (χ4v) is 2.51. The van der Waals surface area contributed by atoms with Crippen LogP contribution in [0.1, 0.15) is 10.4 Å². The highest BCUT2D eigenvalue weighted by Crippen LogP contribution is 2.33. The maximum Gasteiger partial charge on any atom is 0.259 e. The Bertz CT molecular complexity index is 703. The highest BCUT2D eigenvalue weighted by atomic mass is 79.9. The zero-order valence-corrected chi connectivity index (χ0v) is 12.6. The third-order valence-corrected chi connectivity index (χ3v) is 3.62. The number of nitrogens with one attached hydrogen (secondary N) is 2. The topological polar surface area (TPSA) is 70.6 Å². The van der Waals surface area contributed by atoms with E-state index >= 15 is 0 Å². The molecule has 6 heteroatoms. The Morgan fingerprint density at radius 1 is 1.33 bits per heavy atom. The third-order valence-electron chi connectivity index (χ3n) is 3.13. The van der Waals surface area contributed by atoms with Crippen molar-refractivity contribution >= 4 is 33.2 Å². The van der Waals surface area contributed by atoms with Crippen LogP contribution in [0.4, 0.5) is 11.4 Å². The monoisotopic (exact) mass is 348 g/mol. The average molecular weight is 349 g/mol. The largest absolute Gasteiger partial charge is 0.506 e. The summed E-state index contributed by atoms with van der Waals surface area (Å²) in [7, 11) is 0. The van der Waals surface area contributed by atoms with Gasteiger partial charge >= 0.3 is 0 Å². The summed E-state index contributed by atoms with van der Waals surface area (Å²) >= 11 is 3.31. The minimum Gasteiger partial charge on any atom is -0.506 e. The SMILES string of the molecule is O=C(Nc1cc(Br)ccc1O)c1cccc2c1OCCN2. The van der Waals surface area contributed by atoms with Gasteiger partial charge in [-0.25, -0.2) is 0 Å². The molecular formula is C15H13BrN2O3. The van der Waals surface area contributed by atoms with Gasteiger partial charge in [0.1, 0.15) is 12.4 Å². The first-order chi connectivity index (χ1) is 10.1. The maximum atomic E-state index is 12.4. The summed E-state index contributed by atoms with van der Waals surface area (Å²) in [4.78, 5) is 12.4. The van der Waals surface area contributed by atoms with Gasteiger partial charge in [0, 0.05) is 11.0 Å². The molecule has 1 heterocycles. The number of para-hydroxylation sites is 1. The first kappa shape index (κ1) is 13.8. The highest BCUT2D eigenvalue weighted by Gasteiger charge is 2.19. The van der Waals surface area contributed by atoms with Crippen molar-refractivity contribution in [3.8, 4) is 11.5 Å². The molecule has 0 bridgehead atoms. The van der Waals surface area contributed by atoms with Crippen LogP contribution in [0.2, 0.25) is 0 Å². The van der Waals surface area contributed by atoms with Crippen molar-refractivity contribution < 1.29 is 14.6 Å². The molecule has 0 aromatic heterocycles. The molecule has 21 heavy (non-hydrogen) atoms. The number of halogens is 1. The van der Waals surface area contributed by atoms with Crippen molar-refractivity contribution in [1.82, 2.24) is 0 Å². The molecule has 1 aliphatic rings. The molecule has 0 unspecified atom stereocenters. The summed E-state index contributed by atoms with van der Waals surface area (Å²) in [6, 6.07) is 10.2. The lowest BCUT2D eigenvalue weighted by molar-refractivity contribution is 0.102. The van der Waals surface area contributed by atoms with Crippen LogP contribution < -0.4 is 15.4 Å². The van der Waals surface area contributed by atoms with E-state index in [9.17, 15) is 9.90 Å². The predicted octanol–water partition coefficient (Wildman–Crippen LogP) is 3.21. The smallest absolute Gasteiger partial charge is 0.259 e. The Morgan fingerprint density at radius 3 is 3.05 bits per heavy atom. The standard InChI is InChI=1S/C15H13BrN2O3/c16-9-4-5-13(19)12(8-9)18-15(20)10-2-1-3-11-14(10)21-7-6-17-11/h1-5,8,17,19H,6-7H2,(H,18,20). The predicted molar refractivity (Wildman–Crippen MR) is 84.2 cm³/mol. The Hall–Kier alpha value is -2.21. The summed E-state index contributed by atoms with van der Waals surface area (Å²) in [5.74, 6) is 0.218. The van der Waals surface area contributed by atoms with Gasteiger partial charge in [-0.05, 0) is 30.3 Å². The Morgan fingerprint density at radius 2 is 2.19 bits per heavy atom. The van der Waals surface area contributed by atoms with Gasteiger partial charge in [-0.1, -0.05) is 22.0 Å². The fraction of sp³-hybridized carbons (Fsp3) is 0.133. The van der Waals surface area contributed by atoms with Crippen molar-refractivity contribution in [3.63, 3.8) is 0 Å². The van der Waals surface area contributed by atoms with Crippen molar-refractivity contribution in [3.05, 3.63) is 46.4 Å². The molecule has 3 rings (SSSR count). The van der Waals surface area contributed by atoms with Crippen molar-refractivity contribution in [2.45, 2.75) is 0 Å². The molecule has 0 fully saturated rings.